The molecule has 0 aliphatic heterocycles. The van der Waals surface area contributed by atoms with Gasteiger partial charge in [0.25, 0.3) is 0 Å². The molecule has 0 amide bonds. The number of nitrogen functional groups attached to an aromatic ring is 1. The zero-order valence-electron chi connectivity index (χ0n) is 10.8. The highest BCUT2D eigenvalue weighted by molar-refractivity contribution is 5.80. The molecule has 0 aliphatic carbocycles. The van der Waals surface area contributed by atoms with Crippen molar-refractivity contribution in [1.29, 1.82) is 0 Å². The Morgan fingerprint density at radius 1 is 1.05 bits per heavy atom. The number of azo groups is 1. The number of nitrogens with zero attached hydrogens (tertiary/aromatic N) is 2. The third-order valence-electron chi connectivity index (χ3n) is 2.48. The smallest absolute Gasteiger partial charge is 0.0936 e. The van der Waals surface area contributed by atoms with E-state index in [1.165, 1.54) is 0 Å². The number of hydrogen-bond donors (Lipinski definition) is 1. The van der Waals surface area contributed by atoms with Gasteiger partial charge < -0.3 is 5.73 Å². The van der Waals surface area contributed by atoms with Gasteiger partial charge >= 0.3 is 0 Å². The van der Waals surface area contributed by atoms with Crippen LogP contribution in [0, 0.1) is 0 Å². The Labute approximate surface area is 113 Å². The van der Waals surface area contributed by atoms with E-state index in [2.05, 4.69) is 36.5 Å². The normalized spacial score (nSPS) is 11.3. The Balaban J connectivity index is 3.29. The molecule has 3 nitrogen and oxygen atoms in total. The van der Waals surface area contributed by atoms with Crippen LogP contribution in [0.4, 0.5) is 11.4 Å². The molecule has 0 aromatic heterocycles. The van der Waals surface area contributed by atoms with Gasteiger partial charge in [-0.15, -0.1) is 5.11 Å². The van der Waals surface area contributed by atoms with Crippen molar-refractivity contribution in [2.24, 2.45) is 10.2 Å². The second-order valence-corrected chi connectivity index (χ2v) is 3.64. The molecule has 0 saturated carbocycles. The maximum Gasteiger partial charge on any atom is 0.0936 e. The molecule has 0 bridgehead atoms. The van der Waals surface area contributed by atoms with E-state index in [1.807, 2.05) is 0 Å². The largest absolute Gasteiger partial charge is 0.398 e. The summed E-state index contributed by atoms with van der Waals surface area (Å²) in [5.41, 5.74) is 9.42. The lowest BCUT2D eigenvalue weighted by atomic mass is 10.0. The number of benzene rings is 1. The van der Waals surface area contributed by atoms with E-state index in [0.29, 0.717) is 17.1 Å². The molecular weight excluding hydrogens is 234 g/mol. The Kier molecular flexibility index (Phi) is 5.23. The van der Waals surface area contributed by atoms with E-state index in [4.69, 9.17) is 5.73 Å². The van der Waals surface area contributed by atoms with Crippen molar-refractivity contribution in [2.45, 2.75) is 0 Å². The first-order chi connectivity index (χ1) is 9.17. The van der Waals surface area contributed by atoms with Gasteiger partial charge in [-0.05, 0) is 24.3 Å². The molecule has 19 heavy (non-hydrogen) atoms. The Morgan fingerprint density at radius 3 is 2.26 bits per heavy atom. The van der Waals surface area contributed by atoms with Gasteiger partial charge in [0.05, 0.1) is 11.4 Å². The molecule has 1 rings (SSSR count). The first-order valence-corrected chi connectivity index (χ1v) is 5.72. The standard InChI is InChI=1S/C16H17N3/c1-5-9-12(6-2)18-19-16-11-10-15(17)13(7-3)14(16)8-4/h5-11H,1-4,17H2/b12-9+,19-18?. The molecule has 0 saturated heterocycles. The molecule has 1 aromatic rings. The van der Waals surface area contributed by atoms with Crippen LogP contribution in [0.5, 0.6) is 0 Å². The molecule has 1 aromatic carbocycles. The predicted octanol–water partition coefficient (Wildman–Crippen LogP) is 4.89. The third-order valence-corrected chi connectivity index (χ3v) is 2.48. The molecule has 0 fully saturated rings. The third kappa shape index (κ3) is 3.39. The number of hydrogen-bond acceptors (Lipinski definition) is 3. The highest BCUT2D eigenvalue weighted by Crippen LogP contribution is 2.30. The van der Waals surface area contributed by atoms with Crippen molar-refractivity contribution in [3.63, 3.8) is 0 Å². The van der Waals surface area contributed by atoms with E-state index in [9.17, 15) is 0 Å². The van der Waals surface area contributed by atoms with Crippen LogP contribution >= 0.6 is 0 Å². The maximum atomic E-state index is 5.87. The van der Waals surface area contributed by atoms with Gasteiger partial charge in [-0.2, -0.15) is 5.11 Å². The lowest BCUT2D eigenvalue weighted by Gasteiger charge is -2.07. The summed E-state index contributed by atoms with van der Waals surface area (Å²) in [5, 5.41) is 8.27. The van der Waals surface area contributed by atoms with Crippen molar-refractivity contribution in [3.05, 3.63) is 73.5 Å². The molecular formula is C16H17N3. The van der Waals surface area contributed by atoms with Gasteiger partial charge in [0.1, 0.15) is 0 Å². The maximum absolute atomic E-state index is 5.87. The number of rotatable bonds is 6. The van der Waals surface area contributed by atoms with E-state index in [0.717, 1.165) is 11.1 Å². The van der Waals surface area contributed by atoms with Gasteiger partial charge in [0.2, 0.25) is 0 Å². The lowest BCUT2D eigenvalue weighted by molar-refractivity contribution is 1.17. The highest BCUT2D eigenvalue weighted by atomic mass is 15.1. The topological polar surface area (TPSA) is 50.7 Å². The quantitative estimate of drug-likeness (QED) is 0.436. The van der Waals surface area contributed by atoms with Crippen molar-refractivity contribution >= 4 is 23.5 Å². The fourth-order valence-electron chi connectivity index (χ4n) is 1.55. The monoisotopic (exact) mass is 251 g/mol. The number of anilines is 1. The average Bonchev–Trinajstić information content (AvgIpc) is 2.43. The summed E-state index contributed by atoms with van der Waals surface area (Å²) in [6.45, 7) is 14.8. The zero-order valence-corrected chi connectivity index (χ0v) is 10.8. The highest BCUT2D eigenvalue weighted by Gasteiger charge is 2.06. The van der Waals surface area contributed by atoms with Crippen LogP contribution in [0.1, 0.15) is 11.1 Å². The predicted molar refractivity (Wildman–Crippen MR) is 84.0 cm³/mol. The lowest BCUT2D eigenvalue weighted by Crippen LogP contribution is -1.92. The minimum Gasteiger partial charge on any atom is -0.398 e. The zero-order chi connectivity index (χ0) is 14.3. The van der Waals surface area contributed by atoms with E-state index in [-0.39, 0.29) is 0 Å². The fourth-order valence-corrected chi connectivity index (χ4v) is 1.55. The average molecular weight is 251 g/mol. The van der Waals surface area contributed by atoms with Gasteiger partial charge in [-0.25, -0.2) is 0 Å². The molecule has 2 N–H and O–H groups in total. The summed E-state index contributed by atoms with van der Waals surface area (Å²) in [6.07, 6.45) is 8.31. The van der Waals surface area contributed by atoms with E-state index < -0.39 is 0 Å². The van der Waals surface area contributed by atoms with Crippen LogP contribution in [-0.4, -0.2) is 0 Å². The molecule has 0 unspecified atom stereocenters. The first-order valence-electron chi connectivity index (χ1n) is 5.72. The Bertz CT molecular complexity index is 578. The SMILES string of the molecule is C=C/C=C(\C=C)N=Nc1ccc(N)c(C=C)c1C=C. The van der Waals surface area contributed by atoms with Crippen LogP contribution in [0.25, 0.3) is 12.2 Å². The Hall–Kier alpha value is -2.68. The molecule has 0 radical (unpaired) electrons. The van der Waals surface area contributed by atoms with Crippen LogP contribution in [0.15, 0.2) is 72.6 Å². The fraction of sp³-hybridized carbons (Fsp3) is 0. The molecule has 0 aliphatic rings. The number of allylic oxidation sites excluding steroid dienone is 3. The molecule has 0 atom stereocenters. The van der Waals surface area contributed by atoms with Crippen molar-refractivity contribution in [2.75, 3.05) is 5.73 Å². The number of nitrogens with two attached hydrogens (primary N) is 1. The van der Waals surface area contributed by atoms with Gasteiger partial charge in [-0.3, -0.25) is 0 Å². The summed E-state index contributed by atoms with van der Waals surface area (Å²) in [5.74, 6) is 0. The second kappa shape index (κ2) is 6.91. The minimum atomic E-state index is 0.627. The molecule has 96 valence electrons. The van der Waals surface area contributed by atoms with Crippen molar-refractivity contribution < 1.29 is 0 Å². The van der Waals surface area contributed by atoms with Gasteiger partial charge in [0.15, 0.2) is 0 Å². The van der Waals surface area contributed by atoms with Gasteiger partial charge in [0, 0.05) is 16.8 Å². The Morgan fingerprint density at radius 2 is 1.74 bits per heavy atom. The minimum absolute atomic E-state index is 0.627. The summed E-state index contributed by atoms with van der Waals surface area (Å²) in [6, 6.07) is 3.56. The second-order valence-electron chi connectivity index (χ2n) is 3.64. The summed E-state index contributed by atoms with van der Waals surface area (Å²) in [4.78, 5) is 0. The molecule has 0 spiro atoms. The molecule has 0 heterocycles. The van der Waals surface area contributed by atoms with E-state index >= 15 is 0 Å². The summed E-state index contributed by atoms with van der Waals surface area (Å²) < 4.78 is 0. The van der Waals surface area contributed by atoms with E-state index in [1.54, 1.807) is 42.5 Å². The first kappa shape index (κ1) is 14.4. The van der Waals surface area contributed by atoms with Crippen molar-refractivity contribution in [1.82, 2.24) is 0 Å². The van der Waals surface area contributed by atoms with Crippen molar-refractivity contribution in [3.8, 4) is 0 Å². The van der Waals surface area contributed by atoms with Crippen LogP contribution < -0.4 is 5.73 Å². The van der Waals surface area contributed by atoms with Crippen LogP contribution in [0.2, 0.25) is 0 Å². The van der Waals surface area contributed by atoms with Gasteiger partial charge in [-0.1, -0.05) is 44.5 Å². The van der Waals surface area contributed by atoms with Crippen LogP contribution in [0.3, 0.4) is 0 Å². The summed E-state index contributed by atoms with van der Waals surface area (Å²) in [7, 11) is 0. The molecule has 3 heteroatoms. The van der Waals surface area contributed by atoms with Crippen LogP contribution in [-0.2, 0) is 0 Å². The summed E-state index contributed by atoms with van der Waals surface area (Å²) >= 11 is 0.